The van der Waals surface area contributed by atoms with Gasteiger partial charge in [0.25, 0.3) is 0 Å². The highest BCUT2D eigenvalue weighted by atomic mass is 35.5. The van der Waals surface area contributed by atoms with Crippen LogP contribution in [0.1, 0.15) is 56.6 Å². The summed E-state index contributed by atoms with van der Waals surface area (Å²) < 4.78 is 0. The summed E-state index contributed by atoms with van der Waals surface area (Å²) in [4.78, 5) is 5.14. The summed E-state index contributed by atoms with van der Waals surface area (Å²) in [7, 11) is 0. The van der Waals surface area contributed by atoms with Gasteiger partial charge in [0.2, 0.25) is 0 Å². The molecule has 2 aliphatic carbocycles. The van der Waals surface area contributed by atoms with Crippen molar-refractivity contribution in [1.82, 2.24) is 4.90 Å². The number of hydrogen-bond acceptors (Lipinski definition) is 3. The Balaban J connectivity index is 1.14. The average molecular weight is 490 g/mol. The molecule has 0 bridgehead atoms. The van der Waals surface area contributed by atoms with Crippen molar-refractivity contribution < 1.29 is 0 Å². The molecule has 0 radical (unpaired) electrons. The van der Waals surface area contributed by atoms with Gasteiger partial charge in [-0.2, -0.15) is 0 Å². The molecule has 2 unspecified atom stereocenters. The van der Waals surface area contributed by atoms with E-state index in [1.165, 1.54) is 53.9 Å². The summed E-state index contributed by atoms with van der Waals surface area (Å²) in [5, 5.41) is 4.59. The molecule has 0 spiro atoms. The Morgan fingerprint density at radius 3 is 2.46 bits per heavy atom. The van der Waals surface area contributed by atoms with Crippen molar-refractivity contribution in [2.45, 2.75) is 51.9 Å². The zero-order valence-electron chi connectivity index (χ0n) is 21.3. The van der Waals surface area contributed by atoms with Gasteiger partial charge in [0, 0.05) is 54.8 Å². The van der Waals surface area contributed by atoms with Gasteiger partial charge in [-0.15, -0.1) is 0 Å². The van der Waals surface area contributed by atoms with Gasteiger partial charge < -0.3 is 15.1 Å². The lowest BCUT2D eigenvalue weighted by Crippen LogP contribution is -2.46. The van der Waals surface area contributed by atoms with Gasteiger partial charge >= 0.3 is 0 Å². The van der Waals surface area contributed by atoms with Crippen molar-refractivity contribution in [2.75, 3.05) is 42.9 Å². The fourth-order valence-corrected chi connectivity index (χ4v) is 6.13. The summed E-state index contributed by atoms with van der Waals surface area (Å²) >= 11 is 6.07. The molecule has 2 fully saturated rings. The third kappa shape index (κ3) is 5.89. The summed E-state index contributed by atoms with van der Waals surface area (Å²) in [6.45, 7) is 10.0. The molecule has 4 heteroatoms. The number of nitrogens with zero attached hydrogens (tertiary/aromatic N) is 2. The van der Waals surface area contributed by atoms with Crippen LogP contribution < -0.4 is 10.2 Å². The summed E-state index contributed by atoms with van der Waals surface area (Å²) in [6.07, 6.45) is 13.2. The van der Waals surface area contributed by atoms with Gasteiger partial charge in [0.05, 0.1) is 0 Å². The predicted molar refractivity (Wildman–Crippen MR) is 151 cm³/mol. The molecule has 1 saturated carbocycles. The number of hydrogen-bond donors (Lipinski definition) is 1. The zero-order valence-corrected chi connectivity index (χ0v) is 22.1. The molecule has 2 aromatic rings. The van der Waals surface area contributed by atoms with E-state index in [2.05, 4.69) is 77.5 Å². The predicted octanol–water partition coefficient (Wildman–Crippen LogP) is 7.50. The molecule has 1 heterocycles. The van der Waals surface area contributed by atoms with Crippen LogP contribution in [0.5, 0.6) is 0 Å². The first-order valence-corrected chi connectivity index (χ1v) is 14.0. The average Bonchev–Trinajstić information content (AvgIpc) is 3.37. The van der Waals surface area contributed by atoms with E-state index >= 15 is 0 Å². The number of benzene rings is 2. The van der Waals surface area contributed by atoms with E-state index in [1.807, 2.05) is 12.1 Å². The maximum atomic E-state index is 6.07. The van der Waals surface area contributed by atoms with Crippen LogP contribution in [0.3, 0.4) is 0 Å². The fourth-order valence-electron chi connectivity index (χ4n) is 6.00. The van der Waals surface area contributed by atoms with E-state index in [4.69, 9.17) is 11.6 Å². The van der Waals surface area contributed by atoms with Crippen molar-refractivity contribution in [2.24, 2.45) is 11.8 Å². The lowest BCUT2D eigenvalue weighted by atomic mass is 9.96. The Bertz CT molecular complexity index is 1050. The van der Waals surface area contributed by atoms with E-state index in [9.17, 15) is 0 Å². The van der Waals surface area contributed by atoms with Crippen molar-refractivity contribution in [3.63, 3.8) is 0 Å². The molecule has 2 aromatic carbocycles. The first kappa shape index (κ1) is 24.3. The summed E-state index contributed by atoms with van der Waals surface area (Å²) in [5.74, 6) is 2.09. The Labute approximate surface area is 216 Å². The van der Waals surface area contributed by atoms with Gasteiger partial charge in [-0.3, -0.25) is 0 Å². The van der Waals surface area contributed by atoms with Crippen LogP contribution in [0.15, 0.2) is 66.4 Å². The molecule has 1 aliphatic heterocycles. The molecule has 1 saturated heterocycles. The first-order valence-electron chi connectivity index (χ1n) is 13.6. The number of nitrogens with one attached hydrogen (secondary N) is 1. The molecule has 3 aliphatic rings. The number of anilines is 2. The molecular formula is C31H40ClN3. The number of halogens is 1. The minimum absolute atomic E-state index is 0.676. The SMILES string of the molecule is CCc1cc(NC[C@@H]2CCC(c3ccc(Cl)cc3)C2)ccc1N1CCN(C2=CCC(C)C=C2)CC1. The molecule has 0 amide bonds. The number of piperazine rings is 1. The Hall–Kier alpha value is -2.39. The second kappa shape index (κ2) is 11.1. The third-order valence-corrected chi connectivity index (χ3v) is 8.47. The van der Waals surface area contributed by atoms with Crippen LogP contribution in [0.2, 0.25) is 5.02 Å². The van der Waals surface area contributed by atoms with E-state index in [0.717, 1.165) is 50.1 Å². The molecule has 1 N–H and O–H groups in total. The molecule has 3 nitrogen and oxygen atoms in total. The van der Waals surface area contributed by atoms with Crippen molar-refractivity contribution in [1.29, 1.82) is 0 Å². The minimum Gasteiger partial charge on any atom is -0.385 e. The normalized spacial score (nSPS) is 24.5. The molecule has 5 rings (SSSR count). The van der Waals surface area contributed by atoms with Crippen LogP contribution >= 0.6 is 11.6 Å². The van der Waals surface area contributed by atoms with Crippen LogP contribution in [-0.4, -0.2) is 37.6 Å². The van der Waals surface area contributed by atoms with E-state index in [1.54, 1.807) is 0 Å². The van der Waals surface area contributed by atoms with E-state index in [0.29, 0.717) is 11.8 Å². The Kier molecular flexibility index (Phi) is 7.72. The highest BCUT2D eigenvalue weighted by Gasteiger charge is 2.26. The van der Waals surface area contributed by atoms with Crippen molar-refractivity contribution in [3.05, 3.63) is 82.5 Å². The van der Waals surface area contributed by atoms with Crippen molar-refractivity contribution in [3.8, 4) is 0 Å². The number of rotatable bonds is 7. The van der Waals surface area contributed by atoms with Crippen molar-refractivity contribution >= 4 is 23.0 Å². The second-order valence-corrected chi connectivity index (χ2v) is 11.1. The topological polar surface area (TPSA) is 18.5 Å². The lowest BCUT2D eigenvalue weighted by Gasteiger charge is -2.39. The number of aryl methyl sites for hydroxylation is 1. The maximum absolute atomic E-state index is 6.07. The summed E-state index contributed by atoms with van der Waals surface area (Å²) in [5.41, 5.74) is 7.01. The van der Waals surface area contributed by atoms with E-state index < -0.39 is 0 Å². The first-order chi connectivity index (χ1) is 17.1. The quantitative estimate of drug-likeness (QED) is 0.434. The van der Waals surface area contributed by atoms with Gasteiger partial charge in [-0.05, 0) is 97.4 Å². The van der Waals surface area contributed by atoms with Crippen LogP contribution in [0, 0.1) is 11.8 Å². The van der Waals surface area contributed by atoms with Gasteiger partial charge in [-0.25, -0.2) is 0 Å². The standard InChI is InChI=1S/C31H40ClN3/c1-3-25-21-29(33-22-24-6-7-27(20-24)26-8-10-28(32)11-9-26)12-15-31(25)35-18-16-34(17-19-35)30-13-4-23(2)5-14-30/h4,8-15,21,23-24,27,33H,3,5-7,16-20,22H2,1-2H3/t23?,24-,27?/m1/s1. The zero-order chi connectivity index (χ0) is 24.2. The second-order valence-electron chi connectivity index (χ2n) is 10.7. The fraction of sp³-hybridized carbons (Fsp3) is 0.484. The highest BCUT2D eigenvalue weighted by Crippen LogP contribution is 2.39. The van der Waals surface area contributed by atoms with Crippen LogP contribution in [-0.2, 0) is 6.42 Å². The Morgan fingerprint density at radius 2 is 1.74 bits per heavy atom. The molecule has 35 heavy (non-hydrogen) atoms. The molecule has 186 valence electrons. The molecular weight excluding hydrogens is 450 g/mol. The van der Waals surface area contributed by atoms with E-state index in [-0.39, 0.29) is 0 Å². The smallest absolute Gasteiger partial charge is 0.0406 e. The largest absolute Gasteiger partial charge is 0.385 e. The van der Waals surface area contributed by atoms with Gasteiger partial charge in [0.1, 0.15) is 0 Å². The monoisotopic (exact) mass is 489 g/mol. The van der Waals surface area contributed by atoms with Gasteiger partial charge in [-0.1, -0.05) is 49.7 Å². The number of allylic oxidation sites excluding steroid dienone is 3. The maximum Gasteiger partial charge on any atom is 0.0406 e. The molecule has 0 aromatic heterocycles. The van der Waals surface area contributed by atoms with Gasteiger partial charge in [0.15, 0.2) is 0 Å². The van der Waals surface area contributed by atoms with Crippen LogP contribution in [0.4, 0.5) is 11.4 Å². The molecule has 3 atom stereocenters. The summed E-state index contributed by atoms with van der Waals surface area (Å²) in [6, 6.07) is 15.5. The Morgan fingerprint density at radius 1 is 0.971 bits per heavy atom. The minimum atomic E-state index is 0.676. The highest BCUT2D eigenvalue weighted by molar-refractivity contribution is 6.30. The van der Waals surface area contributed by atoms with Crippen LogP contribution in [0.25, 0.3) is 0 Å². The third-order valence-electron chi connectivity index (χ3n) is 8.22. The lowest BCUT2D eigenvalue weighted by molar-refractivity contribution is 0.327.